The van der Waals surface area contributed by atoms with Gasteiger partial charge in [0.1, 0.15) is 10.4 Å². The van der Waals surface area contributed by atoms with Crippen molar-refractivity contribution in [1.82, 2.24) is 10.3 Å². The van der Waals surface area contributed by atoms with Crippen LogP contribution >= 0.6 is 15.9 Å². The van der Waals surface area contributed by atoms with Crippen LogP contribution in [-0.4, -0.2) is 18.1 Å². The van der Waals surface area contributed by atoms with E-state index in [1.54, 1.807) is 7.05 Å². The van der Waals surface area contributed by atoms with Gasteiger partial charge in [0.15, 0.2) is 0 Å². The van der Waals surface area contributed by atoms with Gasteiger partial charge in [-0.05, 0) is 40.0 Å². The second-order valence-corrected chi connectivity index (χ2v) is 3.55. The summed E-state index contributed by atoms with van der Waals surface area (Å²) in [5, 5.41) is 5.08. The Morgan fingerprint density at radius 3 is 2.86 bits per heavy atom. The van der Waals surface area contributed by atoms with Crippen LogP contribution in [-0.2, 0) is 6.42 Å². The van der Waals surface area contributed by atoms with Gasteiger partial charge in [-0.25, -0.2) is 9.78 Å². The molecular formula is C9H12BrN3O. The van der Waals surface area contributed by atoms with E-state index in [9.17, 15) is 4.79 Å². The van der Waals surface area contributed by atoms with Gasteiger partial charge in [-0.1, -0.05) is 6.92 Å². The molecule has 0 saturated carbocycles. The monoisotopic (exact) mass is 257 g/mol. The number of nitrogens with one attached hydrogen (secondary N) is 2. The van der Waals surface area contributed by atoms with Crippen molar-refractivity contribution in [2.24, 2.45) is 0 Å². The van der Waals surface area contributed by atoms with Gasteiger partial charge < -0.3 is 5.32 Å². The van der Waals surface area contributed by atoms with Crippen molar-refractivity contribution in [3.8, 4) is 0 Å². The SMILES string of the molecule is CCc1cc(Br)nc(NC(=O)NC)c1. The number of aromatic nitrogens is 1. The fraction of sp³-hybridized carbons (Fsp3) is 0.333. The van der Waals surface area contributed by atoms with Gasteiger partial charge in [0.05, 0.1) is 0 Å². The summed E-state index contributed by atoms with van der Waals surface area (Å²) in [5.74, 6) is 0.551. The third kappa shape index (κ3) is 2.99. The summed E-state index contributed by atoms with van der Waals surface area (Å²) >= 11 is 3.28. The zero-order chi connectivity index (χ0) is 10.6. The largest absolute Gasteiger partial charge is 0.341 e. The maximum Gasteiger partial charge on any atom is 0.320 e. The van der Waals surface area contributed by atoms with Gasteiger partial charge in [0, 0.05) is 7.05 Å². The molecule has 0 radical (unpaired) electrons. The Balaban J connectivity index is 2.86. The molecule has 0 saturated heterocycles. The van der Waals surface area contributed by atoms with E-state index < -0.39 is 0 Å². The van der Waals surface area contributed by atoms with Crippen molar-refractivity contribution >= 4 is 27.8 Å². The summed E-state index contributed by atoms with van der Waals surface area (Å²) in [6, 6.07) is 3.51. The van der Waals surface area contributed by atoms with Crippen molar-refractivity contribution < 1.29 is 4.79 Å². The smallest absolute Gasteiger partial charge is 0.320 e. The molecule has 0 bridgehead atoms. The van der Waals surface area contributed by atoms with Crippen LogP contribution in [0.3, 0.4) is 0 Å². The number of aryl methyl sites for hydroxylation is 1. The minimum atomic E-state index is -0.266. The van der Waals surface area contributed by atoms with E-state index in [1.807, 2.05) is 19.1 Å². The molecule has 1 aromatic rings. The van der Waals surface area contributed by atoms with E-state index in [0.29, 0.717) is 5.82 Å². The molecule has 0 fully saturated rings. The number of urea groups is 1. The summed E-state index contributed by atoms with van der Waals surface area (Å²) in [4.78, 5) is 15.1. The quantitative estimate of drug-likeness (QED) is 0.798. The summed E-state index contributed by atoms with van der Waals surface area (Å²) in [7, 11) is 1.56. The van der Waals surface area contributed by atoms with Crippen molar-refractivity contribution in [3.63, 3.8) is 0 Å². The number of nitrogens with zero attached hydrogens (tertiary/aromatic N) is 1. The average Bonchev–Trinajstić information content (AvgIpc) is 2.16. The number of carbonyl (C=O) groups excluding carboxylic acids is 1. The summed E-state index contributed by atoms with van der Waals surface area (Å²) < 4.78 is 0.725. The molecule has 0 spiro atoms. The van der Waals surface area contributed by atoms with Gasteiger partial charge in [-0.3, -0.25) is 5.32 Å². The van der Waals surface area contributed by atoms with E-state index in [0.717, 1.165) is 16.6 Å². The maximum atomic E-state index is 11.0. The third-order valence-corrected chi connectivity index (χ3v) is 2.14. The molecule has 0 atom stereocenters. The molecule has 0 aromatic carbocycles. The minimum Gasteiger partial charge on any atom is -0.341 e. The predicted octanol–water partition coefficient (Wildman–Crippen LogP) is 2.16. The number of rotatable bonds is 2. The van der Waals surface area contributed by atoms with Gasteiger partial charge in [0.2, 0.25) is 0 Å². The summed E-state index contributed by atoms with van der Waals surface area (Å²) in [6.07, 6.45) is 0.906. The van der Waals surface area contributed by atoms with Crippen LogP contribution in [0.4, 0.5) is 10.6 Å². The molecule has 0 aliphatic carbocycles. The normalized spacial score (nSPS) is 9.64. The highest BCUT2D eigenvalue weighted by molar-refractivity contribution is 9.10. The maximum absolute atomic E-state index is 11.0. The first kappa shape index (κ1) is 11.0. The first-order valence-corrected chi connectivity index (χ1v) is 5.10. The fourth-order valence-electron chi connectivity index (χ4n) is 0.997. The molecule has 14 heavy (non-hydrogen) atoms. The van der Waals surface area contributed by atoms with Gasteiger partial charge in [0.25, 0.3) is 0 Å². The number of hydrogen-bond acceptors (Lipinski definition) is 2. The van der Waals surface area contributed by atoms with Crippen LogP contribution < -0.4 is 10.6 Å². The van der Waals surface area contributed by atoms with Crippen LogP contribution in [0.1, 0.15) is 12.5 Å². The number of carbonyl (C=O) groups is 1. The Labute approximate surface area is 91.2 Å². The average molecular weight is 258 g/mol. The van der Waals surface area contributed by atoms with Gasteiger partial charge in [-0.15, -0.1) is 0 Å². The Morgan fingerprint density at radius 2 is 2.29 bits per heavy atom. The molecular weight excluding hydrogens is 246 g/mol. The highest BCUT2D eigenvalue weighted by atomic mass is 79.9. The van der Waals surface area contributed by atoms with Crippen LogP contribution in [0.15, 0.2) is 16.7 Å². The van der Waals surface area contributed by atoms with Crippen LogP contribution in [0.2, 0.25) is 0 Å². The topological polar surface area (TPSA) is 54.0 Å². The Hall–Kier alpha value is -1.10. The number of hydrogen-bond donors (Lipinski definition) is 2. The zero-order valence-corrected chi connectivity index (χ0v) is 9.68. The van der Waals surface area contributed by atoms with Crippen molar-refractivity contribution in [2.45, 2.75) is 13.3 Å². The Kier molecular flexibility index (Phi) is 3.88. The van der Waals surface area contributed by atoms with E-state index >= 15 is 0 Å². The molecule has 0 aliphatic rings. The number of pyridine rings is 1. The molecule has 1 heterocycles. The van der Waals surface area contributed by atoms with E-state index in [4.69, 9.17) is 0 Å². The lowest BCUT2D eigenvalue weighted by Gasteiger charge is -2.05. The van der Waals surface area contributed by atoms with Crippen LogP contribution in [0.5, 0.6) is 0 Å². The fourth-order valence-corrected chi connectivity index (χ4v) is 1.48. The first-order valence-electron chi connectivity index (χ1n) is 4.31. The molecule has 0 aliphatic heterocycles. The first-order chi connectivity index (χ1) is 6.65. The van der Waals surface area contributed by atoms with E-state index in [2.05, 4.69) is 31.5 Å². The predicted molar refractivity (Wildman–Crippen MR) is 59.4 cm³/mol. The van der Waals surface area contributed by atoms with Crippen LogP contribution in [0.25, 0.3) is 0 Å². The van der Waals surface area contributed by atoms with E-state index in [-0.39, 0.29) is 6.03 Å². The molecule has 5 heteroatoms. The molecule has 4 nitrogen and oxygen atoms in total. The van der Waals surface area contributed by atoms with Crippen molar-refractivity contribution in [2.75, 3.05) is 12.4 Å². The highest BCUT2D eigenvalue weighted by Crippen LogP contribution is 2.15. The van der Waals surface area contributed by atoms with Crippen molar-refractivity contribution in [3.05, 3.63) is 22.3 Å². The van der Waals surface area contributed by atoms with Crippen molar-refractivity contribution in [1.29, 1.82) is 0 Å². The van der Waals surface area contributed by atoms with E-state index in [1.165, 1.54) is 0 Å². The molecule has 1 aromatic heterocycles. The number of halogens is 1. The summed E-state index contributed by atoms with van der Waals surface area (Å²) in [6.45, 7) is 2.05. The molecule has 76 valence electrons. The Bertz CT molecular complexity index is 341. The number of anilines is 1. The van der Waals surface area contributed by atoms with Crippen LogP contribution in [0, 0.1) is 0 Å². The lowest BCUT2D eigenvalue weighted by Crippen LogP contribution is -2.25. The second kappa shape index (κ2) is 4.95. The third-order valence-electron chi connectivity index (χ3n) is 1.73. The number of amides is 2. The Morgan fingerprint density at radius 1 is 1.57 bits per heavy atom. The zero-order valence-electron chi connectivity index (χ0n) is 8.10. The van der Waals surface area contributed by atoms with Gasteiger partial charge in [-0.2, -0.15) is 0 Å². The second-order valence-electron chi connectivity index (χ2n) is 2.74. The molecule has 0 unspecified atom stereocenters. The molecule has 2 N–H and O–H groups in total. The lowest BCUT2D eigenvalue weighted by molar-refractivity contribution is 0.254. The summed E-state index contributed by atoms with van der Waals surface area (Å²) in [5.41, 5.74) is 1.12. The van der Waals surface area contributed by atoms with Gasteiger partial charge >= 0.3 is 6.03 Å². The minimum absolute atomic E-state index is 0.266. The molecule has 1 rings (SSSR count). The standard InChI is InChI=1S/C9H12BrN3O/c1-3-6-4-7(10)12-8(5-6)13-9(14)11-2/h4-5H,3H2,1-2H3,(H2,11,12,13,14). The molecule has 2 amide bonds. The highest BCUT2D eigenvalue weighted by Gasteiger charge is 2.02. The lowest BCUT2D eigenvalue weighted by atomic mass is 10.2.